The average molecular weight is 287 g/mol. The zero-order valence-electron chi connectivity index (χ0n) is 11.8. The van der Waals surface area contributed by atoms with E-state index in [2.05, 4.69) is 23.6 Å². The van der Waals surface area contributed by atoms with Crippen LogP contribution in [0.5, 0.6) is 0 Å². The first-order valence-electron chi connectivity index (χ1n) is 7.24. The van der Waals surface area contributed by atoms with E-state index in [1.165, 1.54) is 25.7 Å². The molecule has 0 aromatic rings. The van der Waals surface area contributed by atoms with Crippen LogP contribution in [-0.2, 0) is 0 Å². The minimum absolute atomic E-state index is 1.05. The summed E-state index contributed by atoms with van der Waals surface area (Å²) >= 11 is 11.0. The molecule has 1 aliphatic heterocycles. The molecular formula is C14H26N2S2. The van der Waals surface area contributed by atoms with E-state index >= 15 is 0 Å². The van der Waals surface area contributed by atoms with Gasteiger partial charge in [0.15, 0.2) is 0 Å². The molecule has 1 fully saturated rings. The summed E-state index contributed by atoms with van der Waals surface area (Å²) < 4.78 is 0. The first-order chi connectivity index (χ1) is 8.69. The van der Waals surface area contributed by atoms with Crippen molar-refractivity contribution in [3.05, 3.63) is 0 Å². The number of hydrogen-bond acceptors (Lipinski definition) is 2. The van der Waals surface area contributed by atoms with Crippen LogP contribution in [0.3, 0.4) is 0 Å². The fourth-order valence-corrected chi connectivity index (χ4v) is 2.83. The minimum atomic E-state index is 1.05. The maximum absolute atomic E-state index is 5.49. The van der Waals surface area contributed by atoms with Crippen molar-refractivity contribution >= 4 is 34.4 Å². The Morgan fingerprint density at radius 3 is 1.39 bits per heavy atom. The van der Waals surface area contributed by atoms with E-state index in [0.29, 0.717) is 0 Å². The van der Waals surface area contributed by atoms with Crippen molar-refractivity contribution in [3.8, 4) is 0 Å². The Bertz CT molecular complexity index is 243. The van der Waals surface area contributed by atoms with Gasteiger partial charge in [-0.2, -0.15) is 0 Å². The number of unbranched alkanes of at least 4 members (excludes halogenated alkanes) is 2. The predicted molar refractivity (Wildman–Crippen MR) is 87.4 cm³/mol. The molecule has 1 rings (SSSR count). The molecule has 18 heavy (non-hydrogen) atoms. The second-order valence-corrected chi connectivity index (χ2v) is 5.91. The molecule has 1 heterocycles. The summed E-state index contributed by atoms with van der Waals surface area (Å²) in [7, 11) is 0. The molecular weight excluding hydrogens is 260 g/mol. The van der Waals surface area contributed by atoms with E-state index in [4.69, 9.17) is 24.4 Å². The minimum Gasteiger partial charge on any atom is -0.363 e. The van der Waals surface area contributed by atoms with E-state index in [1.54, 1.807) is 0 Å². The average Bonchev–Trinajstić information content (AvgIpc) is 2.42. The molecule has 104 valence electrons. The van der Waals surface area contributed by atoms with Gasteiger partial charge in [-0.1, -0.05) is 51.1 Å². The van der Waals surface area contributed by atoms with Gasteiger partial charge in [0.2, 0.25) is 0 Å². The van der Waals surface area contributed by atoms with Crippen molar-refractivity contribution in [2.45, 2.75) is 52.4 Å². The van der Waals surface area contributed by atoms with Gasteiger partial charge >= 0.3 is 0 Å². The van der Waals surface area contributed by atoms with Crippen LogP contribution in [0.4, 0.5) is 0 Å². The lowest BCUT2D eigenvalue weighted by Crippen LogP contribution is -2.49. The molecule has 0 N–H and O–H groups in total. The number of piperazine rings is 1. The second-order valence-electron chi connectivity index (χ2n) is 4.97. The molecule has 1 saturated heterocycles. The van der Waals surface area contributed by atoms with Gasteiger partial charge in [-0.25, -0.2) is 0 Å². The van der Waals surface area contributed by atoms with Crippen LogP contribution in [0, 0.1) is 0 Å². The summed E-state index contributed by atoms with van der Waals surface area (Å²) in [6.07, 6.45) is 7.03. The predicted octanol–water partition coefficient (Wildman–Crippen LogP) is 3.64. The standard InChI is InChI=1S/C14H26N2S2/c1-3-5-7-13(17)15-9-11-16(12-10-15)14(18)8-6-4-2/h3-12H2,1-2H3. The highest BCUT2D eigenvalue weighted by Crippen LogP contribution is 2.10. The zero-order chi connectivity index (χ0) is 13.4. The third-order valence-electron chi connectivity index (χ3n) is 3.47. The van der Waals surface area contributed by atoms with Crippen LogP contribution in [-0.4, -0.2) is 46.0 Å². The van der Waals surface area contributed by atoms with E-state index in [1.807, 2.05) is 0 Å². The largest absolute Gasteiger partial charge is 0.363 e. The molecule has 0 amide bonds. The third kappa shape index (κ3) is 5.19. The highest BCUT2D eigenvalue weighted by atomic mass is 32.1. The number of nitrogens with zero attached hydrogens (tertiary/aromatic N) is 2. The first kappa shape index (κ1) is 15.8. The van der Waals surface area contributed by atoms with Crippen LogP contribution in [0.1, 0.15) is 52.4 Å². The Hall–Kier alpha value is -0.220. The van der Waals surface area contributed by atoms with Crippen LogP contribution >= 0.6 is 24.4 Å². The summed E-state index contributed by atoms with van der Waals surface area (Å²) in [5.41, 5.74) is 0. The Morgan fingerprint density at radius 2 is 1.11 bits per heavy atom. The van der Waals surface area contributed by atoms with Gasteiger partial charge in [-0.3, -0.25) is 0 Å². The normalized spacial score (nSPS) is 15.9. The van der Waals surface area contributed by atoms with E-state index in [-0.39, 0.29) is 0 Å². The molecule has 0 unspecified atom stereocenters. The van der Waals surface area contributed by atoms with Crippen molar-refractivity contribution in [2.75, 3.05) is 26.2 Å². The summed E-state index contributed by atoms with van der Waals surface area (Å²) in [6.45, 7) is 8.63. The van der Waals surface area contributed by atoms with E-state index in [9.17, 15) is 0 Å². The van der Waals surface area contributed by atoms with Crippen molar-refractivity contribution in [1.82, 2.24) is 9.80 Å². The molecule has 0 spiro atoms. The summed E-state index contributed by atoms with van der Waals surface area (Å²) in [6, 6.07) is 0. The molecule has 1 aliphatic rings. The molecule has 0 radical (unpaired) electrons. The Morgan fingerprint density at radius 1 is 0.778 bits per heavy atom. The Kier molecular flexibility index (Phi) is 7.75. The number of thiocarbonyl (C=S) groups is 2. The van der Waals surface area contributed by atoms with Gasteiger partial charge in [0.05, 0.1) is 9.98 Å². The number of hydrogen-bond donors (Lipinski definition) is 0. The molecule has 0 aromatic heterocycles. The molecule has 0 atom stereocenters. The molecule has 0 aromatic carbocycles. The summed E-state index contributed by atoms with van der Waals surface area (Å²) in [5.74, 6) is 0. The van der Waals surface area contributed by atoms with Gasteiger partial charge < -0.3 is 9.80 Å². The van der Waals surface area contributed by atoms with Crippen molar-refractivity contribution < 1.29 is 0 Å². The fourth-order valence-electron chi connectivity index (χ4n) is 2.18. The SMILES string of the molecule is CCCCC(=S)N1CCN(C(=S)CCCC)CC1. The molecule has 0 bridgehead atoms. The summed E-state index contributed by atoms with van der Waals surface area (Å²) in [4.78, 5) is 7.03. The fraction of sp³-hybridized carbons (Fsp3) is 0.857. The lowest BCUT2D eigenvalue weighted by Gasteiger charge is -2.37. The lowest BCUT2D eigenvalue weighted by molar-refractivity contribution is 0.258. The monoisotopic (exact) mass is 286 g/mol. The molecule has 4 heteroatoms. The van der Waals surface area contributed by atoms with Crippen molar-refractivity contribution in [3.63, 3.8) is 0 Å². The van der Waals surface area contributed by atoms with Gasteiger partial charge in [-0.05, 0) is 25.7 Å². The Labute approximate surface area is 123 Å². The quantitative estimate of drug-likeness (QED) is 0.687. The maximum Gasteiger partial charge on any atom is 0.0780 e. The van der Waals surface area contributed by atoms with Crippen LogP contribution in [0.15, 0.2) is 0 Å². The Balaban J connectivity index is 2.27. The maximum atomic E-state index is 5.49. The second kappa shape index (κ2) is 8.81. The van der Waals surface area contributed by atoms with Crippen LogP contribution in [0.2, 0.25) is 0 Å². The molecule has 0 saturated carbocycles. The highest BCUT2D eigenvalue weighted by molar-refractivity contribution is 7.80. The van der Waals surface area contributed by atoms with E-state index < -0.39 is 0 Å². The highest BCUT2D eigenvalue weighted by Gasteiger charge is 2.19. The molecule has 2 nitrogen and oxygen atoms in total. The first-order valence-corrected chi connectivity index (χ1v) is 8.06. The smallest absolute Gasteiger partial charge is 0.0780 e. The van der Waals surface area contributed by atoms with Gasteiger partial charge in [-0.15, -0.1) is 0 Å². The van der Waals surface area contributed by atoms with Crippen LogP contribution < -0.4 is 0 Å². The number of rotatable bonds is 6. The van der Waals surface area contributed by atoms with Crippen molar-refractivity contribution in [1.29, 1.82) is 0 Å². The topological polar surface area (TPSA) is 6.48 Å². The third-order valence-corrected chi connectivity index (χ3v) is 4.40. The molecule has 0 aliphatic carbocycles. The van der Waals surface area contributed by atoms with Gasteiger partial charge in [0.25, 0.3) is 0 Å². The lowest BCUT2D eigenvalue weighted by atomic mass is 10.2. The summed E-state index contributed by atoms with van der Waals surface area (Å²) in [5, 5.41) is 0. The zero-order valence-corrected chi connectivity index (χ0v) is 13.4. The van der Waals surface area contributed by atoms with Gasteiger partial charge in [0, 0.05) is 26.2 Å². The van der Waals surface area contributed by atoms with E-state index in [0.717, 1.165) is 49.0 Å². The van der Waals surface area contributed by atoms with Crippen molar-refractivity contribution in [2.24, 2.45) is 0 Å². The van der Waals surface area contributed by atoms with Gasteiger partial charge in [0.1, 0.15) is 0 Å². The van der Waals surface area contributed by atoms with Crippen LogP contribution in [0.25, 0.3) is 0 Å².